The Bertz CT molecular complexity index is 745. The fourth-order valence-corrected chi connectivity index (χ4v) is 2.29. The van der Waals surface area contributed by atoms with Gasteiger partial charge >= 0.3 is 0 Å². The number of methoxy groups -OCH3 is 1. The number of anilines is 1. The van der Waals surface area contributed by atoms with E-state index in [9.17, 15) is 9.59 Å². The van der Waals surface area contributed by atoms with Crippen LogP contribution in [0.3, 0.4) is 0 Å². The average molecular weight is 312 g/mol. The lowest BCUT2D eigenvalue weighted by atomic mass is 10.2. The Labute approximate surface area is 133 Å². The van der Waals surface area contributed by atoms with Crippen molar-refractivity contribution >= 4 is 17.5 Å². The molecule has 6 heteroatoms. The minimum absolute atomic E-state index is 0.283. The second kappa shape index (κ2) is 6.39. The highest BCUT2D eigenvalue weighted by Crippen LogP contribution is 2.28. The molecule has 23 heavy (non-hydrogen) atoms. The fraction of sp³-hybridized carbons (Fsp3) is 0.176. The summed E-state index contributed by atoms with van der Waals surface area (Å²) in [4.78, 5) is 24.2. The van der Waals surface area contributed by atoms with Gasteiger partial charge in [-0.25, -0.2) is 0 Å². The van der Waals surface area contributed by atoms with Crippen molar-refractivity contribution < 1.29 is 19.1 Å². The lowest BCUT2D eigenvalue weighted by Crippen LogP contribution is -2.48. The van der Waals surface area contributed by atoms with E-state index >= 15 is 0 Å². The summed E-state index contributed by atoms with van der Waals surface area (Å²) >= 11 is 0. The lowest BCUT2D eigenvalue weighted by molar-refractivity contribution is -0.137. The molecule has 118 valence electrons. The van der Waals surface area contributed by atoms with Crippen LogP contribution in [-0.2, 0) is 16.1 Å². The molecule has 0 saturated carbocycles. The first kappa shape index (κ1) is 14.9. The zero-order chi connectivity index (χ0) is 16.2. The summed E-state index contributed by atoms with van der Waals surface area (Å²) in [6.07, 6.45) is -1.20. The number of para-hydroxylation sites is 2. The molecule has 1 aliphatic heterocycles. The zero-order valence-electron chi connectivity index (χ0n) is 12.5. The molecule has 0 fully saturated rings. The van der Waals surface area contributed by atoms with Crippen LogP contribution in [0.4, 0.5) is 5.69 Å². The Morgan fingerprint density at radius 1 is 1.26 bits per heavy atom. The molecule has 6 nitrogen and oxygen atoms in total. The first-order chi connectivity index (χ1) is 11.2. The molecule has 1 heterocycles. The molecule has 0 bridgehead atoms. The summed E-state index contributed by atoms with van der Waals surface area (Å²) in [5, 5.41) is 5.36. The van der Waals surface area contributed by atoms with Crippen LogP contribution in [-0.4, -0.2) is 25.0 Å². The largest absolute Gasteiger partial charge is 0.497 e. The van der Waals surface area contributed by atoms with E-state index in [2.05, 4.69) is 10.6 Å². The smallest absolute Gasteiger partial charge is 0.275 e. The number of fused-ring (bicyclic) bond motifs is 1. The number of carbonyl (C=O) groups is 2. The van der Waals surface area contributed by atoms with Gasteiger partial charge in [-0.05, 0) is 29.8 Å². The molecule has 1 atom stereocenters. The normalized spacial score (nSPS) is 15.9. The number of hydrogen-bond donors (Lipinski definition) is 2. The van der Waals surface area contributed by atoms with Crippen LogP contribution in [0.1, 0.15) is 5.56 Å². The summed E-state index contributed by atoms with van der Waals surface area (Å²) in [5.41, 5.74) is 1.43. The van der Waals surface area contributed by atoms with Crippen molar-refractivity contribution in [2.75, 3.05) is 12.4 Å². The van der Waals surface area contributed by atoms with Crippen molar-refractivity contribution in [1.29, 1.82) is 0 Å². The topological polar surface area (TPSA) is 76.7 Å². The minimum atomic E-state index is -1.20. The van der Waals surface area contributed by atoms with Gasteiger partial charge in [0.1, 0.15) is 11.5 Å². The maximum absolute atomic E-state index is 12.2. The lowest BCUT2D eigenvalue weighted by Gasteiger charge is -2.24. The van der Waals surface area contributed by atoms with Crippen LogP contribution in [0.25, 0.3) is 0 Å². The number of rotatable bonds is 4. The number of carbonyl (C=O) groups excluding carboxylic acids is 2. The number of benzene rings is 2. The van der Waals surface area contributed by atoms with Crippen LogP contribution in [0.5, 0.6) is 11.5 Å². The predicted molar refractivity (Wildman–Crippen MR) is 84.3 cm³/mol. The molecule has 2 amide bonds. The van der Waals surface area contributed by atoms with E-state index in [-0.39, 0.29) is 6.54 Å². The van der Waals surface area contributed by atoms with E-state index in [4.69, 9.17) is 9.47 Å². The molecule has 1 unspecified atom stereocenters. The second-order valence-electron chi connectivity index (χ2n) is 5.05. The second-order valence-corrected chi connectivity index (χ2v) is 5.05. The van der Waals surface area contributed by atoms with Gasteiger partial charge in [0.05, 0.1) is 12.8 Å². The fourth-order valence-electron chi connectivity index (χ4n) is 2.29. The van der Waals surface area contributed by atoms with Crippen molar-refractivity contribution in [1.82, 2.24) is 5.32 Å². The summed E-state index contributed by atoms with van der Waals surface area (Å²) in [6.45, 7) is 0.283. The minimum Gasteiger partial charge on any atom is -0.497 e. The number of nitrogens with one attached hydrogen (secondary N) is 2. The Balaban J connectivity index is 1.65. The van der Waals surface area contributed by atoms with Gasteiger partial charge in [-0.3, -0.25) is 9.59 Å². The van der Waals surface area contributed by atoms with Crippen molar-refractivity contribution in [2.24, 2.45) is 0 Å². The Morgan fingerprint density at radius 2 is 2.09 bits per heavy atom. The third kappa shape index (κ3) is 3.26. The number of ether oxygens (including phenoxy) is 2. The number of amides is 2. The van der Waals surface area contributed by atoms with E-state index < -0.39 is 17.9 Å². The van der Waals surface area contributed by atoms with E-state index in [1.54, 1.807) is 31.4 Å². The van der Waals surface area contributed by atoms with Crippen LogP contribution < -0.4 is 20.1 Å². The van der Waals surface area contributed by atoms with Gasteiger partial charge in [0.2, 0.25) is 0 Å². The molecular formula is C17H16N2O4. The zero-order valence-corrected chi connectivity index (χ0v) is 12.5. The summed E-state index contributed by atoms with van der Waals surface area (Å²) in [6, 6.07) is 14.3. The van der Waals surface area contributed by atoms with Gasteiger partial charge in [-0.1, -0.05) is 24.3 Å². The highest BCUT2D eigenvalue weighted by molar-refractivity contribution is 6.11. The van der Waals surface area contributed by atoms with Crippen molar-refractivity contribution in [3.63, 3.8) is 0 Å². The maximum atomic E-state index is 12.2. The van der Waals surface area contributed by atoms with Gasteiger partial charge in [0, 0.05) is 6.54 Å². The quantitative estimate of drug-likeness (QED) is 0.843. The van der Waals surface area contributed by atoms with E-state index in [1.165, 1.54) is 0 Å². The van der Waals surface area contributed by atoms with Crippen LogP contribution >= 0.6 is 0 Å². The van der Waals surface area contributed by atoms with E-state index in [0.29, 0.717) is 17.2 Å². The third-order valence-electron chi connectivity index (χ3n) is 3.47. The highest BCUT2D eigenvalue weighted by atomic mass is 16.5. The Kier molecular flexibility index (Phi) is 4.14. The van der Waals surface area contributed by atoms with Crippen LogP contribution in [0.2, 0.25) is 0 Å². The average Bonchev–Trinajstić information content (AvgIpc) is 2.59. The van der Waals surface area contributed by atoms with Gasteiger partial charge < -0.3 is 20.1 Å². The predicted octanol–water partition coefficient (Wildman–Crippen LogP) is 1.71. The van der Waals surface area contributed by atoms with Crippen molar-refractivity contribution in [3.8, 4) is 11.5 Å². The molecule has 0 saturated heterocycles. The molecule has 0 radical (unpaired) electrons. The maximum Gasteiger partial charge on any atom is 0.275 e. The molecule has 1 aliphatic rings. The Morgan fingerprint density at radius 3 is 2.91 bits per heavy atom. The monoisotopic (exact) mass is 312 g/mol. The van der Waals surface area contributed by atoms with Crippen molar-refractivity contribution in [2.45, 2.75) is 12.6 Å². The molecule has 2 aromatic carbocycles. The van der Waals surface area contributed by atoms with Gasteiger partial charge in [0.15, 0.2) is 0 Å². The Hall–Kier alpha value is -3.02. The molecule has 2 aromatic rings. The van der Waals surface area contributed by atoms with Crippen LogP contribution in [0.15, 0.2) is 48.5 Å². The first-order valence-electron chi connectivity index (χ1n) is 7.14. The van der Waals surface area contributed by atoms with Gasteiger partial charge in [-0.15, -0.1) is 0 Å². The standard InChI is InChI=1S/C17H16N2O4/c1-22-12-6-4-5-11(9-12)10-18-16(20)15-17(21)19-13-7-2-3-8-14(13)23-15/h2-9,15H,10H2,1H3,(H,18,20)(H,19,21). The summed E-state index contributed by atoms with van der Waals surface area (Å²) in [7, 11) is 1.58. The van der Waals surface area contributed by atoms with E-state index in [1.807, 2.05) is 24.3 Å². The SMILES string of the molecule is COc1cccc(CNC(=O)C2Oc3ccccc3NC2=O)c1. The number of hydrogen-bond acceptors (Lipinski definition) is 4. The third-order valence-corrected chi connectivity index (χ3v) is 3.47. The van der Waals surface area contributed by atoms with E-state index in [0.717, 1.165) is 5.56 Å². The van der Waals surface area contributed by atoms with Crippen molar-refractivity contribution in [3.05, 3.63) is 54.1 Å². The van der Waals surface area contributed by atoms with Gasteiger partial charge in [0.25, 0.3) is 17.9 Å². The van der Waals surface area contributed by atoms with Crippen LogP contribution in [0, 0.1) is 0 Å². The molecule has 0 spiro atoms. The molecule has 0 aliphatic carbocycles. The van der Waals surface area contributed by atoms with Gasteiger partial charge in [-0.2, -0.15) is 0 Å². The summed E-state index contributed by atoms with van der Waals surface area (Å²) in [5.74, 6) is 0.220. The molecule has 3 rings (SSSR count). The molecule has 2 N–H and O–H groups in total. The first-order valence-corrected chi connectivity index (χ1v) is 7.14. The summed E-state index contributed by atoms with van der Waals surface area (Å²) < 4.78 is 10.6. The molecular weight excluding hydrogens is 296 g/mol. The molecule has 0 aromatic heterocycles. The highest BCUT2D eigenvalue weighted by Gasteiger charge is 2.33.